The third-order valence-electron chi connectivity index (χ3n) is 6.24. The van der Waals surface area contributed by atoms with Gasteiger partial charge in [0.1, 0.15) is 11.7 Å². The van der Waals surface area contributed by atoms with Crippen molar-refractivity contribution in [3.8, 4) is 17.2 Å². The van der Waals surface area contributed by atoms with Gasteiger partial charge in [-0.1, -0.05) is 18.2 Å². The number of hydrogen-bond donors (Lipinski definition) is 0. The average molecular weight is 478 g/mol. The molecule has 0 N–H and O–H groups in total. The van der Waals surface area contributed by atoms with Gasteiger partial charge in [-0.25, -0.2) is 14.4 Å². The van der Waals surface area contributed by atoms with E-state index in [0.29, 0.717) is 28.5 Å². The van der Waals surface area contributed by atoms with E-state index >= 15 is 0 Å². The molecular formula is C26H23FN2O6. The van der Waals surface area contributed by atoms with Crippen LogP contribution in [0.5, 0.6) is 17.2 Å². The number of anilines is 2. The second-order valence-corrected chi connectivity index (χ2v) is 8.10. The van der Waals surface area contributed by atoms with E-state index in [2.05, 4.69) is 0 Å². The van der Waals surface area contributed by atoms with Crippen molar-refractivity contribution < 1.29 is 33.0 Å². The molecule has 180 valence electrons. The lowest BCUT2D eigenvalue weighted by molar-refractivity contribution is -0.126. The molecule has 0 saturated carbocycles. The van der Waals surface area contributed by atoms with Crippen LogP contribution in [0.4, 0.5) is 15.8 Å². The Morgan fingerprint density at radius 3 is 2.00 bits per heavy atom. The van der Waals surface area contributed by atoms with E-state index in [1.807, 2.05) is 30.3 Å². The molecule has 2 heterocycles. The summed E-state index contributed by atoms with van der Waals surface area (Å²) in [6, 6.07) is 17.2. The van der Waals surface area contributed by atoms with Crippen LogP contribution in [0.25, 0.3) is 0 Å². The lowest BCUT2D eigenvalue weighted by atomic mass is 9.90. The maximum atomic E-state index is 13.7. The van der Waals surface area contributed by atoms with Crippen LogP contribution < -0.4 is 24.2 Å². The first-order valence-electron chi connectivity index (χ1n) is 10.9. The number of rotatable bonds is 6. The summed E-state index contributed by atoms with van der Waals surface area (Å²) in [5, 5.41) is 1.58. The first kappa shape index (κ1) is 22.7. The number of fused-ring (bicyclic) bond motifs is 1. The Labute approximate surface area is 201 Å². The van der Waals surface area contributed by atoms with Crippen molar-refractivity contribution in [1.29, 1.82) is 0 Å². The third-order valence-corrected chi connectivity index (χ3v) is 6.24. The highest BCUT2D eigenvalue weighted by atomic mass is 19.1. The van der Waals surface area contributed by atoms with Crippen molar-refractivity contribution in [1.82, 2.24) is 0 Å². The largest absolute Gasteiger partial charge is 0.493 e. The molecule has 2 fully saturated rings. The van der Waals surface area contributed by atoms with Crippen LogP contribution in [0.3, 0.4) is 0 Å². The standard InChI is InChI=1S/C26H23FN2O6/c1-32-19-13-15(14-20(33-2)23(19)34-3)22-21-24(35-29(22)18-7-5-4-6-8-18)26(31)28(25(21)30)17-11-9-16(27)10-12-17/h4-14,21-22,24H,1-3H3/t21-,22+,24-/m0/s1. The fourth-order valence-corrected chi connectivity index (χ4v) is 4.67. The summed E-state index contributed by atoms with van der Waals surface area (Å²) in [4.78, 5) is 34.3. The van der Waals surface area contributed by atoms with E-state index in [-0.39, 0.29) is 5.69 Å². The van der Waals surface area contributed by atoms with Gasteiger partial charge in [0, 0.05) is 0 Å². The molecule has 0 aliphatic carbocycles. The summed E-state index contributed by atoms with van der Waals surface area (Å²) < 4.78 is 30.0. The molecule has 9 heteroatoms. The second kappa shape index (κ2) is 8.92. The number of imide groups is 1. The molecule has 5 rings (SSSR count). The van der Waals surface area contributed by atoms with Gasteiger partial charge in [-0.05, 0) is 54.1 Å². The molecule has 0 unspecified atom stereocenters. The number of amides is 2. The van der Waals surface area contributed by atoms with Crippen LogP contribution in [0.15, 0.2) is 66.7 Å². The van der Waals surface area contributed by atoms with Crippen LogP contribution in [-0.4, -0.2) is 39.2 Å². The number of hydrogen-bond acceptors (Lipinski definition) is 7. The summed E-state index contributed by atoms with van der Waals surface area (Å²) in [6.45, 7) is 0. The Hall–Kier alpha value is -4.11. The van der Waals surface area contributed by atoms with Gasteiger partial charge in [0.25, 0.3) is 5.91 Å². The van der Waals surface area contributed by atoms with Gasteiger partial charge in [0.15, 0.2) is 17.6 Å². The quantitative estimate of drug-likeness (QED) is 0.498. The lowest BCUT2D eigenvalue weighted by Crippen LogP contribution is -2.37. The number of carbonyl (C=O) groups is 2. The van der Waals surface area contributed by atoms with Crippen LogP contribution in [0.1, 0.15) is 11.6 Å². The molecule has 0 bridgehead atoms. The predicted octanol–water partition coefficient (Wildman–Crippen LogP) is 3.90. The Kier molecular flexibility index (Phi) is 5.78. The number of halogens is 1. The number of methoxy groups -OCH3 is 3. The minimum absolute atomic E-state index is 0.286. The maximum Gasteiger partial charge on any atom is 0.266 e. The molecule has 8 nitrogen and oxygen atoms in total. The number of hydroxylamine groups is 1. The van der Waals surface area contributed by atoms with Gasteiger partial charge in [-0.2, -0.15) is 0 Å². The summed E-state index contributed by atoms with van der Waals surface area (Å²) in [7, 11) is 4.51. The van der Waals surface area contributed by atoms with Gasteiger partial charge in [0.05, 0.1) is 38.7 Å². The lowest BCUT2D eigenvalue weighted by Gasteiger charge is -2.29. The fourth-order valence-electron chi connectivity index (χ4n) is 4.67. The Bertz CT molecular complexity index is 1240. The minimum Gasteiger partial charge on any atom is -0.493 e. The first-order chi connectivity index (χ1) is 17.0. The maximum absolute atomic E-state index is 13.7. The zero-order valence-electron chi connectivity index (χ0n) is 19.3. The smallest absolute Gasteiger partial charge is 0.266 e. The van der Waals surface area contributed by atoms with Gasteiger partial charge >= 0.3 is 0 Å². The molecule has 2 saturated heterocycles. The average Bonchev–Trinajstić information content (AvgIpc) is 3.40. The van der Waals surface area contributed by atoms with Crippen LogP contribution in [-0.2, 0) is 14.4 Å². The minimum atomic E-state index is -1.06. The van der Waals surface area contributed by atoms with E-state index in [4.69, 9.17) is 19.0 Å². The van der Waals surface area contributed by atoms with Crippen molar-refractivity contribution >= 4 is 23.2 Å². The Morgan fingerprint density at radius 1 is 0.800 bits per heavy atom. The number of benzene rings is 3. The van der Waals surface area contributed by atoms with Crippen molar-refractivity contribution in [2.75, 3.05) is 31.3 Å². The molecule has 2 aliphatic rings. The predicted molar refractivity (Wildman–Crippen MR) is 125 cm³/mol. The molecule has 3 aromatic rings. The van der Waals surface area contributed by atoms with Crippen molar-refractivity contribution in [3.05, 3.63) is 78.1 Å². The van der Waals surface area contributed by atoms with Crippen molar-refractivity contribution in [2.24, 2.45) is 5.92 Å². The third kappa shape index (κ3) is 3.64. The SMILES string of the molecule is COc1cc([C@@H]2[C@@H]3C(=O)N(c4ccc(F)cc4)C(=O)[C@H]3ON2c2ccccc2)cc(OC)c1OC. The van der Waals surface area contributed by atoms with Crippen LogP contribution in [0.2, 0.25) is 0 Å². The molecule has 0 aromatic heterocycles. The topological polar surface area (TPSA) is 77.5 Å². The van der Waals surface area contributed by atoms with Gasteiger partial charge in [-0.3, -0.25) is 14.4 Å². The number of para-hydroxylation sites is 1. The van der Waals surface area contributed by atoms with Gasteiger partial charge < -0.3 is 14.2 Å². The number of nitrogens with zero attached hydrogens (tertiary/aromatic N) is 2. The molecule has 2 amide bonds. The molecule has 3 aromatic carbocycles. The number of carbonyl (C=O) groups excluding carboxylic acids is 2. The highest BCUT2D eigenvalue weighted by molar-refractivity contribution is 6.23. The van der Waals surface area contributed by atoms with Gasteiger partial charge in [0.2, 0.25) is 11.7 Å². The highest BCUT2D eigenvalue weighted by Crippen LogP contribution is 2.50. The first-order valence-corrected chi connectivity index (χ1v) is 10.9. The van der Waals surface area contributed by atoms with Crippen LogP contribution >= 0.6 is 0 Å². The second-order valence-electron chi connectivity index (χ2n) is 8.10. The summed E-state index contributed by atoms with van der Waals surface area (Å²) in [5.41, 5.74) is 1.60. The zero-order valence-corrected chi connectivity index (χ0v) is 19.3. The summed E-state index contributed by atoms with van der Waals surface area (Å²) >= 11 is 0. The van der Waals surface area contributed by atoms with Gasteiger partial charge in [-0.15, -0.1) is 0 Å². The van der Waals surface area contributed by atoms with Crippen LogP contribution in [0, 0.1) is 11.7 Å². The fraction of sp³-hybridized carbons (Fsp3) is 0.231. The van der Waals surface area contributed by atoms with E-state index < -0.39 is 35.7 Å². The molecule has 3 atom stereocenters. The zero-order chi connectivity index (χ0) is 24.7. The van der Waals surface area contributed by atoms with E-state index in [9.17, 15) is 14.0 Å². The summed E-state index contributed by atoms with van der Waals surface area (Å²) in [6.07, 6.45) is -1.06. The molecule has 2 aliphatic heterocycles. The van der Waals surface area contributed by atoms with E-state index in [1.54, 1.807) is 17.2 Å². The number of ether oxygens (including phenoxy) is 3. The summed E-state index contributed by atoms with van der Waals surface area (Å²) in [5.74, 6) is -1.06. The highest BCUT2D eigenvalue weighted by Gasteiger charge is 2.60. The molecule has 35 heavy (non-hydrogen) atoms. The van der Waals surface area contributed by atoms with Crippen molar-refractivity contribution in [3.63, 3.8) is 0 Å². The molecular weight excluding hydrogens is 455 g/mol. The normalized spacial score (nSPS) is 21.3. The molecule has 0 radical (unpaired) electrons. The molecule has 0 spiro atoms. The Morgan fingerprint density at radius 2 is 1.43 bits per heavy atom. The van der Waals surface area contributed by atoms with E-state index in [1.165, 1.54) is 45.6 Å². The van der Waals surface area contributed by atoms with E-state index in [0.717, 1.165) is 4.90 Å². The van der Waals surface area contributed by atoms with Crippen molar-refractivity contribution in [2.45, 2.75) is 12.1 Å². The Balaban J connectivity index is 1.64. The monoisotopic (exact) mass is 478 g/mol.